The predicted octanol–water partition coefficient (Wildman–Crippen LogP) is 2.30. The van der Waals surface area contributed by atoms with Crippen LogP contribution in [0.5, 0.6) is 0 Å². The summed E-state index contributed by atoms with van der Waals surface area (Å²) in [6.45, 7) is 6.67. The second kappa shape index (κ2) is 7.62. The quantitative estimate of drug-likeness (QED) is 0.723. The van der Waals surface area contributed by atoms with Crippen LogP contribution in [0.3, 0.4) is 0 Å². The van der Waals surface area contributed by atoms with Gasteiger partial charge >= 0.3 is 0 Å². The first kappa shape index (κ1) is 17.9. The third kappa shape index (κ3) is 3.79. The zero-order chi connectivity index (χ0) is 18.8. The van der Waals surface area contributed by atoms with E-state index in [0.29, 0.717) is 19.7 Å². The molecule has 3 heterocycles. The first-order valence-electron chi connectivity index (χ1n) is 9.38. The van der Waals surface area contributed by atoms with E-state index in [9.17, 15) is 5.11 Å². The van der Waals surface area contributed by atoms with Crippen molar-refractivity contribution in [2.75, 3.05) is 19.8 Å². The van der Waals surface area contributed by atoms with E-state index in [1.165, 1.54) is 0 Å². The molecule has 142 valence electrons. The Kier molecular flexibility index (Phi) is 5.05. The van der Waals surface area contributed by atoms with Gasteiger partial charge in [-0.25, -0.2) is 9.67 Å². The van der Waals surface area contributed by atoms with Crippen molar-refractivity contribution in [2.45, 2.75) is 39.3 Å². The van der Waals surface area contributed by atoms with Crippen LogP contribution in [0.4, 0.5) is 0 Å². The van der Waals surface area contributed by atoms with Crippen LogP contribution in [0, 0.1) is 13.8 Å². The van der Waals surface area contributed by atoms with Gasteiger partial charge in [-0.2, -0.15) is 10.2 Å². The largest absolute Gasteiger partial charge is 0.394 e. The number of benzene rings is 1. The maximum Gasteiger partial charge on any atom is 0.158 e. The van der Waals surface area contributed by atoms with Gasteiger partial charge in [0.05, 0.1) is 32.0 Å². The summed E-state index contributed by atoms with van der Waals surface area (Å²) in [6, 6.07) is 10.4. The minimum Gasteiger partial charge on any atom is -0.394 e. The van der Waals surface area contributed by atoms with Crippen LogP contribution < -0.4 is 0 Å². The fourth-order valence-electron chi connectivity index (χ4n) is 3.55. The molecule has 4 rings (SSSR count). The Morgan fingerprint density at radius 1 is 1.19 bits per heavy atom. The molecule has 1 aromatic carbocycles. The van der Waals surface area contributed by atoms with Gasteiger partial charge in [0.2, 0.25) is 0 Å². The van der Waals surface area contributed by atoms with E-state index in [2.05, 4.69) is 35.3 Å². The summed E-state index contributed by atoms with van der Waals surface area (Å²) in [6.07, 6.45) is 0.945. The van der Waals surface area contributed by atoms with Gasteiger partial charge in [-0.1, -0.05) is 18.2 Å². The standard InChI is InChI=1S/C20H25N5O2/c1-14-10-15(2)25(22-14)12-16-4-3-5-17(11-16)20-21-19(18-6-9-27-13-18)23-24(20)7-8-26/h3-5,10-11,18,26H,6-9,12-13H2,1-2H3/t18-/m0/s1. The molecule has 0 unspecified atom stereocenters. The van der Waals surface area contributed by atoms with Gasteiger partial charge in [0.15, 0.2) is 11.6 Å². The molecule has 1 fully saturated rings. The Morgan fingerprint density at radius 3 is 2.78 bits per heavy atom. The molecular weight excluding hydrogens is 342 g/mol. The van der Waals surface area contributed by atoms with Gasteiger partial charge in [0.1, 0.15) is 0 Å². The van der Waals surface area contributed by atoms with Crippen molar-refractivity contribution in [3.8, 4) is 11.4 Å². The number of nitrogens with zero attached hydrogens (tertiary/aromatic N) is 5. The second-order valence-electron chi connectivity index (χ2n) is 7.09. The number of hydrogen-bond acceptors (Lipinski definition) is 5. The maximum atomic E-state index is 9.42. The fourth-order valence-corrected chi connectivity index (χ4v) is 3.55. The summed E-state index contributed by atoms with van der Waals surface area (Å²) in [5, 5.41) is 18.6. The van der Waals surface area contributed by atoms with Crippen molar-refractivity contribution in [1.82, 2.24) is 24.5 Å². The van der Waals surface area contributed by atoms with Crippen LogP contribution in [-0.2, 0) is 17.8 Å². The predicted molar refractivity (Wildman–Crippen MR) is 102 cm³/mol. The zero-order valence-electron chi connectivity index (χ0n) is 15.8. The molecule has 0 amide bonds. The summed E-state index contributed by atoms with van der Waals surface area (Å²) >= 11 is 0. The third-order valence-electron chi connectivity index (χ3n) is 4.92. The molecule has 3 aromatic rings. The van der Waals surface area contributed by atoms with Gasteiger partial charge in [0, 0.05) is 23.8 Å². The summed E-state index contributed by atoms with van der Waals surface area (Å²) in [4.78, 5) is 4.79. The molecule has 1 atom stereocenters. The summed E-state index contributed by atoms with van der Waals surface area (Å²) in [5.74, 6) is 1.84. The molecule has 27 heavy (non-hydrogen) atoms. The highest BCUT2D eigenvalue weighted by molar-refractivity contribution is 5.56. The second-order valence-corrected chi connectivity index (χ2v) is 7.09. The van der Waals surface area contributed by atoms with E-state index in [1.807, 2.05) is 23.7 Å². The SMILES string of the molecule is Cc1cc(C)n(Cc2cccc(-c3nc([C@H]4CCOC4)nn3CCO)c2)n1. The van der Waals surface area contributed by atoms with Gasteiger partial charge in [-0.3, -0.25) is 4.68 Å². The number of aryl methyl sites for hydroxylation is 2. The Morgan fingerprint density at radius 2 is 2.07 bits per heavy atom. The number of aliphatic hydroxyl groups is 1. The molecule has 1 saturated heterocycles. The molecule has 1 N–H and O–H groups in total. The first-order valence-corrected chi connectivity index (χ1v) is 9.38. The smallest absolute Gasteiger partial charge is 0.158 e. The van der Waals surface area contributed by atoms with Crippen LogP contribution in [0.1, 0.15) is 35.1 Å². The zero-order valence-corrected chi connectivity index (χ0v) is 15.8. The van der Waals surface area contributed by atoms with E-state index in [-0.39, 0.29) is 12.5 Å². The van der Waals surface area contributed by atoms with Crippen molar-refractivity contribution in [3.05, 3.63) is 53.1 Å². The van der Waals surface area contributed by atoms with Crippen LogP contribution >= 0.6 is 0 Å². The minimum atomic E-state index is 0.0302. The lowest BCUT2D eigenvalue weighted by Crippen LogP contribution is -2.08. The van der Waals surface area contributed by atoms with Gasteiger partial charge in [-0.05, 0) is 38.0 Å². The maximum absolute atomic E-state index is 9.42. The molecule has 0 spiro atoms. The third-order valence-corrected chi connectivity index (χ3v) is 4.92. The lowest BCUT2D eigenvalue weighted by molar-refractivity contribution is 0.193. The Balaban J connectivity index is 1.65. The average Bonchev–Trinajstić information content (AvgIpc) is 3.36. The summed E-state index contributed by atoms with van der Waals surface area (Å²) in [7, 11) is 0. The van der Waals surface area contributed by atoms with Gasteiger partial charge in [0.25, 0.3) is 0 Å². The Hall–Kier alpha value is -2.51. The van der Waals surface area contributed by atoms with Crippen LogP contribution in [0.15, 0.2) is 30.3 Å². The van der Waals surface area contributed by atoms with Crippen molar-refractivity contribution in [1.29, 1.82) is 0 Å². The minimum absolute atomic E-state index is 0.0302. The molecule has 1 aliphatic heterocycles. The molecule has 2 aromatic heterocycles. The van der Waals surface area contributed by atoms with Crippen molar-refractivity contribution in [3.63, 3.8) is 0 Å². The number of rotatable bonds is 6. The van der Waals surface area contributed by atoms with Gasteiger partial charge < -0.3 is 9.84 Å². The average molecular weight is 367 g/mol. The Labute approximate surface area is 158 Å². The fraction of sp³-hybridized carbons (Fsp3) is 0.450. The van der Waals surface area contributed by atoms with E-state index >= 15 is 0 Å². The molecular formula is C20H25N5O2. The van der Waals surface area contributed by atoms with Crippen molar-refractivity contribution < 1.29 is 9.84 Å². The number of aromatic nitrogens is 5. The van der Waals surface area contributed by atoms with E-state index in [0.717, 1.165) is 47.2 Å². The van der Waals surface area contributed by atoms with Crippen LogP contribution in [-0.4, -0.2) is 49.5 Å². The Bertz CT molecular complexity index is 924. The highest BCUT2D eigenvalue weighted by atomic mass is 16.5. The molecule has 0 bridgehead atoms. The van der Waals surface area contributed by atoms with E-state index < -0.39 is 0 Å². The van der Waals surface area contributed by atoms with E-state index in [1.54, 1.807) is 4.68 Å². The first-order chi connectivity index (χ1) is 13.1. The summed E-state index contributed by atoms with van der Waals surface area (Å²) in [5.41, 5.74) is 4.32. The number of aliphatic hydroxyl groups excluding tert-OH is 1. The highest BCUT2D eigenvalue weighted by Crippen LogP contribution is 2.26. The van der Waals surface area contributed by atoms with E-state index in [4.69, 9.17) is 9.72 Å². The molecule has 0 aliphatic carbocycles. The molecule has 0 radical (unpaired) electrons. The summed E-state index contributed by atoms with van der Waals surface area (Å²) < 4.78 is 9.29. The van der Waals surface area contributed by atoms with Crippen molar-refractivity contribution in [2.24, 2.45) is 0 Å². The monoisotopic (exact) mass is 367 g/mol. The lowest BCUT2D eigenvalue weighted by Gasteiger charge is -2.08. The lowest BCUT2D eigenvalue weighted by atomic mass is 10.1. The van der Waals surface area contributed by atoms with Crippen LogP contribution in [0.2, 0.25) is 0 Å². The molecule has 7 heteroatoms. The highest BCUT2D eigenvalue weighted by Gasteiger charge is 2.24. The van der Waals surface area contributed by atoms with Crippen molar-refractivity contribution >= 4 is 0 Å². The number of hydrogen-bond donors (Lipinski definition) is 1. The van der Waals surface area contributed by atoms with Gasteiger partial charge in [-0.15, -0.1) is 0 Å². The molecule has 7 nitrogen and oxygen atoms in total. The van der Waals surface area contributed by atoms with Crippen LogP contribution in [0.25, 0.3) is 11.4 Å². The molecule has 1 aliphatic rings. The normalized spacial score (nSPS) is 16.9. The molecule has 0 saturated carbocycles. The topological polar surface area (TPSA) is 78.0 Å². The number of ether oxygens (including phenoxy) is 1.